The Morgan fingerprint density at radius 1 is 1.25 bits per heavy atom. The molecule has 0 unspecified atom stereocenters. The third-order valence-electron chi connectivity index (χ3n) is 3.68. The molecule has 0 aliphatic carbocycles. The number of rotatable bonds is 5. The summed E-state index contributed by atoms with van der Waals surface area (Å²) >= 11 is 0. The van der Waals surface area contributed by atoms with Gasteiger partial charge >= 0.3 is 0 Å². The molecule has 10 heteroatoms. The van der Waals surface area contributed by atoms with Crippen LogP contribution in [0.5, 0.6) is 0 Å². The Morgan fingerprint density at radius 3 is 2.62 bits per heavy atom. The van der Waals surface area contributed by atoms with Crippen LogP contribution >= 0.6 is 0 Å². The number of carbonyl (C=O) groups is 1. The van der Waals surface area contributed by atoms with E-state index in [2.05, 4.69) is 15.4 Å². The van der Waals surface area contributed by atoms with E-state index in [1.807, 2.05) is 0 Å². The van der Waals surface area contributed by atoms with E-state index in [1.54, 1.807) is 17.0 Å². The van der Waals surface area contributed by atoms with Crippen molar-refractivity contribution in [2.45, 2.75) is 13.0 Å². The normalized spacial score (nSPS) is 14.6. The molecule has 2 heterocycles. The summed E-state index contributed by atoms with van der Waals surface area (Å²) in [5.74, 6) is 0.399. The third-order valence-corrected chi connectivity index (χ3v) is 3.68. The molecule has 2 aromatic rings. The van der Waals surface area contributed by atoms with Gasteiger partial charge in [-0.2, -0.15) is 4.80 Å². The second-order valence-corrected chi connectivity index (χ2v) is 5.26. The van der Waals surface area contributed by atoms with Crippen molar-refractivity contribution in [3.63, 3.8) is 0 Å². The first-order valence-corrected chi connectivity index (χ1v) is 7.51. The number of nitro groups is 1. The Balaban J connectivity index is 1.58. The molecule has 0 radical (unpaired) electrons. The zero-order chi connectivity index (χ0) is 16.9. The molecular weight excluding hydrogens is 316 g/mol. The number of morpholine rings is 1. The van der Waals surface area contributed by atoms with Gasteiger partial charge in [0.25, 0.3) is 5.69 Å². The van der Waals surface area contributed by atoms with Gasteiger partial charge in [0, 0.05) is 37.2 Å². The van der Waals surface area contributed by atoms with Crippen LogP contribution in [0.15, 0.2) is 24.3 Å². The Morgan fingerprint density at radius 2 is 1.96 bits per heavy atom. The van der Waals surface area contributed by atoms with Crippen LogP contribution in [0.4, 0.5) is 5.69 Å². The molecule has 126 valence electrons. The number of non-ortho nitro benzene ring substituents is 1. The molecule has 1 fully saturated rings. The van der Waals surface area contributed by atoms with Crippen LogP contribution in [0.3, 0.4) is 0 Å². The first-order chi connectivity index (χ1) is 11.6. The fourth-order valence-electron chi connectivity index (χ4n) is 2.35. The smallest absolute Gasteiger partial charge is 0.269 e. The van der Waals surface area contributed by atoms with Gasteiger partial charge in [-0.1, -0.05) is 0 Å². The van der Waals surface area contributed by atoms with Crippen LogP contribution in [-0.4, -0.2) is 62.2 Å². The van der Waals surface area contributed by atoms with Crippen LogP contribution in [0.2, 0.25) is 0 Å². The van der Waals surface area contributed by atoms with Gasteiger partial charge in [0.2, 0.25) is 11.7 Å². The van der Waals surface area contributed by atoms with E-state index in [9.17, 15) is 14.9 Å². The Bertz CT molecular complexity index is 723. The van der Waals surface area contributed by atoms with Crippen molar-refractivity contribution < 1.29 is 14.5 Å². The standard InChI is InChI=1S/C14H16N6O4/c21-13(18-7-9-24-10-8-18)5-6-19-16-14(15-17-19)11-1-3-12(4-2-11)20(22)23/h1-4H,5-10H2. The molecule has 0 spiro atoms. The number of hydrogen-bond acceptors (Lipinski definition) is 7. The number of hydrogen-bond donors (Lipinski definition) is 0. The molecule has 24 heavy (non-hydrogen) atoms. The molecule has 1 aromatic carbocycles. The first kappa shape index (κ1) is 16.0. The minimum absolute atomic E-state index is 0.00208. The van der Waals surface area contributed by atoms with Crippen molar-refractivity contribution in [1.29, 1.82) is 0 Å². The lowest BCUT2D eigenvalue weighted by molar-refractivity contribution is -0.384. The summed E-state index contributed by atoms with van der Waals surface area (Å²) in [5.41, 5.74) is 0.633. The molecule has 1 aromatic heterocycles. The van der Waals surface area contributed by atoms with Crippen molar-refractivity contribution in [2.24, 2.45) is 0 Å². The first-order valence-electron chi connectivity index (χ1n) is 7.51. The highest BCUT2D eigenvalue weighted by Crippen LogP contribution is 2.18. The van der Waals surface area contributed by atoms with Crippen molar-refractivity contribution in [3.05, 3.63) is 34.4 Å². The maximum absolute atomic E-state index is 12.1. The summed E-state index contributed by atoms with van der Waals surface area (Å²) in [6, 6.07) is 5.91. The lowest BCUT2D eigenvalue weighted by Crippen LogP contribution is -2.41. The van der Waals surface area contributed by atoms with E-state index < -0.39 is 4.92 Å². The number of aromatic nitrogens is 4. The zero-order valence-electron chi connectivity index (χ0n) is 12.9. The van der Waals surface area contributed by atoms with Gasteiger partial charge in [-0.25, -0.2) is 0 Å². The quantitative estimate of drug-likeness (QED) is 0.578. The van der Waals surface area contributed by atoms with Gasteiger partial charge < -0.3 is 9.64 Å². The molecular formula is C14H16N6O4. The molecule has 1 aliphatic rings. The minimum Gasteiger partial charge on any atom is -0.378 e. The summed E-state index contributed by atoms with van der Waals surface area (Å²) in [7, 11) is 0. The average Bonchev–Trinajstić information content (AvgIpc) is 3.09. The number of ether oxygens (including phenoxy) is 1. The number of benzene rings is 1. The zero-order valence-corrected chi connectivity index (χ0v) is 12.9. The molecule has 1 saturated heterocycles. The van der Waals surface area contributed by atoms with E-state index in [0.717, 1.165) is 0 Å². The molecule has 1 aliphatic heterocycles. The highest BCUT2D eigenvalue weighted by Gasteiger charge is 2.17. The van der Waals surface area contributed by atoms with E-state index in [0.29, 0.717) is 44.2 Å². The van der Waals surface area contributed by atoms with Crippen LogP contribution < -0.4 is 0 Å². The minimum atomic E-state index is -0.467. The molecule has 10 nitrogen and oxygen atoms in total. The van der Waals surface area contributed by atoms with Gasteiger partial charge in [-0.05, 0) is 17.3 Å². The summed E-state index contributed by atoms with van der Waals surface area (Å²) in [6.45, 7) is 2.68. The SMILES string of the molecule is O=C(CCn1nnc(-c2ccc([N+](=O)[O-])cc2)n1)N1CCOCC1. The molecule has 0 bridgehead atoms. The van der Waals surface area contributed by atoms with Crippen molar-refractivity contribution >= 4 is 11.6 Å². The number of nitro benzene ring substituents is 1. The number of carbonyl (C=O) groups excluding carboxylic acids is 1. The Kier molecular flexibility index (Phi) is 4.75. The molecule has 0 N–H and O–H groups in total. The number of tetrazole rings is 1. The molecule has 1 amide bonds. The number of nitrogens with zero attached hydrogens (tertiary/aromatic N) is 6. The fraction of sp³-hybridized carbons (Fsp3) is 0.429. The van der Waals surface area contributed by atoms with Crippen LogP contribution in [0.25, 0.3) is 11.4 Å². The topological polar surface area (TPSA) is 116 Å². The molecule has 0 atom stereocenters. The predicted octanol–water partition coefficient (Wildman–Crippen LogP) is 0.497. The largest absolute Gasteiger partial charge is 0.378 e. The van der Waals surface area contributed by atoms with E-state index >= 15 is 0 Å². The summed E-state index contributed by atoms with van der Waals surface area (Å²) in [5, 5.41) is 22.7. The summed E-state index contributed by atoms with van der Waals surface area (Å²) < 4.78 is 5.21. The van der Waals surface area contributed by atoms with Crippen LogP contribution in [-0.2, 0) is 16.1 Å². The van der Waals surface area contributed by atoms with Crippen LogP contribution in [0.1, 0.15) is 6.42 Å². The van der Waals surface area contributed by atoms with E-state index in [-0.39, 0.29) is 18.0 Å². The Labute approximate surface area is 137 Å². The van der Waals surface area contributed by atoms with Gasteiger partial charge in [0.05, 0.1) is 24.7 Å². The van der Waals surface area contributed by atoms with Crippen molar-refractivity contribution in [3.8, 4) is 11.4 Å². The fourth-order valence-corrected chi connectivity index (χ4v) is 2.35. The maximum atomic E-state index is 12.1. The average molecular weight is 332 g/mol. The van der Waals surface area contributed by atoms with E-state index in [1.165, 1.54) is 16.9 Å². The second-order valence-electron chi connectivity index (χ2n) is 5.26. The van der Waals surface area contributed by atoms with Gasteiger partial charge in [-0.15, -0.1) is 10.2 Å². The van der Waals surface area contributed by atoms with Gasteiger partial charge in [0.1, 0.15) is 0 Å². The monoisotopic (exact) mass is 332 g/mol. The van der Waals surface area contributed by atoms with Gasteiger partial charge in [-0.3, -0.25) is 14.9 Å². The molecule has 0 saturated carbocycles. The summed E-state index contributed by atoms with van der Waals surface area (Å²) in [4.78, 5) is 25.4. The summed E-state index contributed by atoms with van der Waals surface area (Å²) in [6.07, 6.45) is 0.288. The maximum Gasteiger partial charge on any atom is 0.269 e. The van der Waals surface area contributed by atoms with Crippen molar-refractivity contribution in [2.75, 3.05) is 26.3 Å². The number of aryl methyl sites for hydroxylation is 1. The predicted molar refractivity (Wildman–Crippen MR) is 81.9 cm³/mol. The van der Waals surface area contributed by atoms with E-state index in [4.69, 9.17) is 4.74 Å². The molecule has 3 rings (SSSR count). The lowest BCUT2D eigenvalue weighted by Gasteiger charge is -2.26. The third kappa shape index (κ3) is 3.71. The lowest BCUT2D eigenvalue weighted by atomic mass is 10.2. The Hall–Kier alpha value is -2.88. The highest BCUT2D eigenvalue weighted by atomic mass is 16.6. The van der Waals surface area contributed by atoms with Crippen molar-refractivity contribution in [1.82, 2.24) is 25.1 Å². The highest BCUT2D eigenvalue weighted by molar-refractivity contribution is 5.76. The second kappa shape index (κ2) is 7.13. The van der Waals surface area contributed by atoms with Gasteiger partial charge in [0.15, 0.2) is 0 Å². The van der Waals surface area contributed by atoms with Crippen LogP contribution in [0, 0.1) is 10.1 Å². The number of amides is 1.